The van der Waals surface area contributed by atoms with E-state index in [4.69, 9.17) is 25.4 Å². The van der Waals surface area contributed by atoms with E-state index in [0.717, 1.165) is 11.1 Å². The maximum Gasteiger partial charge on any atom is 0.167 e. The summed E-state index contributed by atoms with van der Waals surface area (Å²) in [4.78, 5) is 25.4. The molecule has 6 nitrogen and oxygen atoms in total. The van der Waals surface area contributed by atoms with Crippen LogP contribution in [0.3, 0.4) is 0 Å². The number of benzene rings is 2. The van der Waals surface area contributed by atoms with Crippen LogP contribution in [0, 0.1) is 18.3 Å². The summed E-state index contributed by atoms with van der Waals surface area (Å²) < 4.78 is 20.9. The minimum absolute atomic E-state index is 0.00418. The summed E-state index contributed by atoms with van der Waals surface area (Å²) in [5.74, 6) is 2.93. The molecule has 0 aliphatic rings. The van der Waals surface area contributed by atoms with Gasteiger partial charge < -0.3 is 18.9 Å². The van der Waals surface area contributed by atoms with Crippen LogP contribution < -0.4 is 18.9 Å². The van der Waals surface area contributed by atoms with E-state index in [1.807, 2.05) is 0 Å². The van der Waals surface area contributed by atoms with Gasteiger partial charge in [-0.05, 0) is 47.5 Å². The normalized spacial score (nSPS) is 10.9. The van der Waals surface area contributed by atoms with Crippen molar-refractivity contribution in [1.29, 1.82) is 0 Å². The standard InChI is InChI=1S/C26H26O6/c1-6-7-20(21(27)12-8-18-10-14-23(29-2)25(16-18)31-4)22(28)13-9-19-11-15-24(30-3)26(17-19)32-5/h1,8-17,20H,7H2,2-5H3/b12-8+,13-9+. The van der Waals surface area contributed by atoms with E-state index in [1.54, 1.807) is 62.8 Å². The molecule has 0 aromatic heterocycles. The molecule has 6 heteroatoms. The summed E-state index contributed by atoms with van der Waals surface area (Å²) in [6, 6.07) is 10.5. The highest BCUT2D eigenvalue weighted by atomic mass is 16.5. The Kier molecular flexibility index (Phi) is 9.12. The van der Waals surface area contributed by atoms with Gasteiger partial charge in [-0.1, -0.05) is 24.3 Å². The van der Waals surface area contributed by atoms with Crippen LogP contribution >= 0.6 is 0 Å². The lowest BCUT2D eigenvalue weighted by molar-refractivity contribution is -0.127. The van der Waals surface area contributed by atoms with Gasteiger partial charge in [-0.3, -0.25) is 9.59 Å². The molecule has 0 unspecified atom stereocenters. The lowest BCUT2D eigenvalue weighted by atomic mass is 9.94. The molecule has 2 aromatic carbocycles. The first-order chi connectivity index (χ1) is 15.5. The van der Waals surface area contributed by atoms with Gasteiger partial charge in [0.25, 0.3) is 0 Å². The smallest absolute Gasteiger partial charge is 0.167 e. The van der Waals surface area contributed by atoms with Crippen molar-refractivity contribution in [2.45, 2.75) is 6.42 Å². The molecule has 0 heterocycles. The second-order valence-electron chi connectivity index (χ2n) is 6.66. The van der Waals surface area contributed by atoms with Gasteiger partial charge in [-0.25, -0.2) is 0 Å². The van der Waals surface area contributed by atoms with Gasteiger partial charge in [0.1, 0.15) is 0 Å². The van der Waals surface area contributed by atoms with Crippen LogP contribution in [0.15, 0.2) is 48.6 Å². The van der Waals surface area contributed by atoms with E-state index in [1.165, 1.54) is 26.4 Å². The Morgan fingerprint density at radius 3 is 1.53 bits per heavy atom. The van der Waals surface area contributed by atoms with Crippen LogP contribution in [0.5, 0.6) is 23.0 Å². The molecule has 0 amide bonds. The summed E-state index contributed by atoms with van der Waals surface area (Å²) in [6.07, 6.45) is 11.3. The number of hydrogen-bond donors (Lipinski definition) is 0. The van der Waals surface area contributed by atoms with Gasteiger partial charge in [0, 0.05) is 6.42 Å². The Morgan fingerprint density at radius 2 is 1.19 bits per heavy atom. The third kappa shape index (κ3) is 6.26. The fraction of sp³-hybridized carbons (Fsp3) is 0.231. The van der Waals surface area contributed by atoms with E-state index in [0.29, 0.717) is 23.0 Å². The number of ketones is 2. The first-order valence-corrected chi connectivity index (χ1v) is 9.78. The molecule has 32 heavy (non-hydrogen) atoms. The predicted molar refractivity (Wildman–Crippen MR) is 124 cm³/mol. The third-order valence-electron chi connectivity index (χ3n) is 4.70. The van der Waals surface area contributed by atoms with E-state index in [-0.39, 0.29) is 18.0 Å². The minimum Gasteiger partial charge on any atom is -0.493 e. The maximum absolute atomic E-state index is 12.7. The minimum atomic E-state index is -0.965. The van der Waals surface area contributed by atoms with E-state index < -0.39 is 5.92 Å². The van der Waals surface area contributed by atoms with E-state index in [9.17, 15) is 9.59 Å². The number of terminal acetylenes is 1. The van der Waals surface area contributed by atoms with Crippen LogP contribution in [-0.2, 0) is 9.59 Å². The fourth-order valence-corrected chi connectivity index (χ4v) is 2.96. The summed E-state index contributed by atoms with van der Waals surface area (Å²) in [6.45, 7) is 0. The molecule has 0 bridgehead atoms. The highest BCUT2D eigenvalue weighted by Gasteiger charge is 2.21. The quantitative estimate of drug-likeness (QED) is 0.300. The van der Waals surface area contributed by atoms with Gasteiger partial charge >= 0.3 is 0 Å². The van der Waals surface area contributed by atoms with Crippen LogP contribution in [0.1, 0.15) is 17.5 Å². The molecule has 0 N–H and O–H groups in total. The third-order valence-corrected chi connectivity index (χ3v) is 4.70. The first kappa shape index (κ1) is 24.3. The van der Waals surface area contributed by atoms with Crippen LogP contribution in [0.2, 0.25) is 0 Å². The topological polar surface area (TPSA) is 71.1 Å². The molecule has 0 radical (unpaired) electrons. The molecule has 2 aromatic rings. The number of allylic oxidation sites excluding steroid dienone is 2. The highest BCUT2D eigenvalue weighted by Crippen LogP contribution is 2.29. The Labute approximate surface area is 188 Å². The zero-order valence-electron chi connectivity index (χ0n) is 18.6. The molecule has 0 aliphatic heterocycles. The number of carbonyl (C=O) groups is 2. The molecular weight excluding hydrogens is 408 g/mol. The lowest BCUT2D eigenvalue weighted by Crippen LogP contribution is -2.20. The molecule has 0 atom stereocenters. The molecular formula is C26H26O6. The number of rotatable bonds is 11. The second-order valence-corrected chi connectivity index (χ2v) is 6.66. The lowest BCUT2D eigenvalue weighted by Gasteiger charge is -2.09. The zero-order chi connectivity index (χ0) is 23.5. The van der Waals surface area contributed by atoms with Crippen molar-refractivity contribution in [3.8, 4) is 35.3 Å². The van der Waals surface area contributed by atoms with Crippen LogP contribution in [0.25, 0.3) is 12.2 Å². The highest BCUT2D eigenvalue weighted by molar-refractivity contribution is 6.13. The summed E-state index contributed by atoms with van der Waals surface area (Å²) in [5.41, 5.74) is 1.45. The molecule has 166 valence electrons. The average Bonchev–Trinajstić information content (AvgIpc) is 2.83. The summed E-state index contributed by atoms with van der Waals surface area (Å²) >= 11 is 0. The average molecular weight is 434 g/mol. The zero-order valence-corrected chi connectivity index (χ0v) is 18.6. The monoisotopic (exact) mass is 434 g/mol. The van der Waals surface area contributed by atoms with Crippen molar-refractivity contribution in [3.05, 3.63) is 59.7 Å². The molecule has 0 saturated carbocycles. The van der Waals surface area contributed by atoms with Gasteiger partial charge in [0.2, 0.25) is 0 Å². The van der Waals surface area contributed by atoms with Gasteiger partial charge in [0.05, 0.1) is 34.4 Å². The largest absolute Gasteiger partial charge is 0.493 e. The van der Waals surface area contributed by atoms with Crippen molar-refractivity contribution in [3.63, 3.8) is 0 Å². The Bertz CT molecular complexity index is 981. The number of carbonyl (C=O) groups excluding carboxylic acids is 2. The molecule has 0 spiro atoms. The fourth-order valence-electron chi connectivity index (χ4n) is 2.96. The van der Waals surface area contributed by atoms with Crippen LogP contribution in [-0.4, -0.2) is 40.0 Å². The molecule has 0 saturated heterocycles. The van der Waals surface area contributed by atoms with Gasteiger partial charge in [-0.2, -0.15) is 0 Å². The van der Waals surface area contributed by atoms with E-state index >= 15 is 0 Å². The molecule has 0 aliphatic carbocycles. The second kappa shape index (κ2) is 12.0. The van der Waals surface area contributed by atoms with E-state index in [2.05, 4.69) is 5.92 Å². The van der Waals surface area contributed by atoms with Crippen molar-refractivity contribution >= 4 is 23.7 Å². The summed E-state index contributed by atoms with van der Waals surface area (Å²) in [5, 5.41) is 0. The number of hydrogen-bond acceptors (Lipinski definition) is 6. The number of methoxy groups -OCH3 is 4. The van der Waals surface area contributed by atoms with Gasteiger partial charge in [0.15, 0.2) is 34.6 Å². The van der Waals surface area contributed by atoms with Crippen molar-refractivity contribution < 1.29 is 28.5 Å². The van der Waals surface area contributed by atoms with Gasteiger partial charge in [-0.15, -0.1) is 12.3 Å². The molecule has 0 fully saturated rings. The molecule has 2 rings (SSSR count). The van der Waals surface area contributed by atoms with Crippen molar-refractivity contribution in [2.75, 3.05) is 28.4 Å². The first-order valence-electron chi connectivity index (χ1n) is 9.78. The Hall–Kier alpha value is -3.98. The van der Waals surface area contributed by atoms with Crippen molar-refractivity contribution in [1.82, 2.24) is 0 Å². The van der Waals surface area contributed by atoms with Crippen LogP contribution in [0.4, 0.5) is 0 Å². The SMILES string of the molecule is C#CCC(C(=O)/C=C/c1ccc(OC)c(OC)c1)C(=O)/C=C/c1ccc(OC)c(OC)c1. The maximum atomic E-state index is 12.7. The summed E-state index contributed by atoms with van der Waals surface area (Å²) in [7, 11) is 6.15. The number of ether oxygens (including phenoxy) is 4. The Morgan fingerprint density at radius 1 is 0.781 bits per heavy atom. The Balaban J connectivity index is 2.17. The predicted octanol–water partition coefficient (Wildman–Crippen LogP) is 4.23. The van der Waals surface area contributed by atoms with Crippen molar-refractivity contribution in [2.24, 2.45) is 5.92 Å².